The summed E-state index contributed by atoms with van der Waals surface area (Å²) in [7, 11) is 3.25. The van der Waals surface area contributed by atoms with Gasteiger partial charge < -0.3 is 14.8 Å². The normalized spacial score (nSPS) is 10.2. The van der Waals surface area contributed by atoms with Crippen molar-refractivity contribution in [3.05, 3.63) is 56.0 Å². The highest BCUT2D eigenvalue weighted by Gasteiger charge is 2.10. The highest BCUT2D eigenvalue weighted by atomic mass is 79.9. The fraction of sp³-hybridized carbons (Fsp3) is 0.294. The Balaban J connectivity index is 0.00000288. The first-order valence-corrected chi connectivity index (χ1v) is 8.65. The van der Waals surface area contributed by atoms with E-state index in [1.54, 1.807) is 20.3 Å². The van der Waals surface area contributed by atoms with Crippen molar-refractivity contribution in [1.29, 1.82) is 0 Å². The zero-order chi connectivity index (χ0) is 16.8. The fourth-order valence-electron chi connectivity index (χ4n) is 2.25. The van der Waals surface area contributed by atoms with Gasteiger partial charge in [-0.15, -0.1) is 12.4 Å². The third-order valence-corrected chi connectivity index (χ3v) is 4.58. The van der Waals surface area contributed by atoms with Gasteiger partial charge >= 0.3 is 0 Å². The molecule has 0 unspecified atom stereocenters. The Labute approximate surface area is 167 Å². The van der Waals surface area contributed by atoms with Gasteiger partial charge in [0.05, 0.1) is 18.7 Å². The van der Waals surface area contributed by atoms with Crippen LogP contribution in [0.4, 0.5) is 0 Å². The van der Waals surface area contributed by atoms with Crippen LogP contribution in [-0.4, -0.2) is 20.8 Å². The van der Waals surface area contributed by atoms with Crippen LogP contribution < -0.4 is 14.8 Å². The Morgan fingerprint density at radius 1 is 1.08 bits per heavy atom. The van der Waals surface area contributed by atoms with Crippen molar-refractivity contribution in [3.63, 3.8) is 0 Å². The lowest BCUT2D eigenvalue weighted by atomic mass is 10.1. The van der Waals surface area contributed by atoms with Gasteiger partial charge in [-0.05, 0) is 64.3 Å². The van der Waals surface area contributed by atoms with Gasteiger partial charge in [-0.1, -0.05) is 29.3 Å². The average molecular weight is 456 g/mol. The van der Waals surface area contributed by atoms with Gasteiger partial charge in [0, 0.05) is 16.6 Å². The van der Waals surface area contributed by atoms with Crippen LogP contribution in [0.25, 0.3) is 0 Å². The van der Waals surface area contributed by atoms with E-state index in [9.17, 15) is 0 Å². The van der Waals surface area contributed by atoms with Crippen molar-refractivity contribution in [3.8, 4) is 11.5 Å². The number of hydrogen-bond donors (Lipinski definition) is 1. The maximum atomic E-state index is 6.17. The molecular weight excluding hydrogens is 436 g/mol. The standard InChI is InChI=1S/C17H18BrCl2NO2.ClH/c1-22-16-8-11(7-14(18)17(16)23-2)10-21-6-5-12-3-4-13(19)9-15(12)20;/h3-4,7-9,21H,5-6,10H2,1-2H3;1H. The largest absolute Gasteiger partial charge is 0.493 e. The number of benzene rings is 2. The number of halogens is 4. The molecular formula is C17H19BrCl3NO2. The Bertz CT molecular complexity index is 683. The SMILES string of the molecule is COc1cc(CNCCc2ccc(Cl)cc2Cl)cc(Br)c1OC.Cl. The molecule has 24 heavy (non-hydrogen) atoms. The van der Waals surface area contributed by atoms with E-state index >= 15 is 0 Å². The molecule has 0 saturated heterocycles. The summed E-state index contributed by atoms with van der Waals surface area (Å²) < 4.78 is 11.5. The van der Waals surface area contributed by atoms with Crippen LogP contribution in [0.5, 0.6) is 11.5 Å². The van der Waals surface area contributed by atoms with Crippen LogP contribution in [0.15, 0.2) is 34.8 Å². The first-order chi connectivity index (χ1) is 11.0. The molecule has 0 saturated carbocycles. The van der Waals surface area contributed by atoms with Gasteiger partial charge in [0.2, 0.25) is 0 Å². The van der Waals surface area contributed by atoms with Crippen LogP contribution in [0.3, 0.4) is 0 Å². The van der Waals surface area contributed by atoms with Crippen LogP contribution in [-0.2, 0) is 13.0 Å². The summed E-state index contributed by atoms with van der Waals surface area (Å²) in [6, 6.07) is 9.56. The molecule has 2 rings (SSSR count). The monoisotopic (exact) mass is 453 g/mol. The molecule has 0 aliphatic heterocycles. The molecule has 0 bridgehead atoms. The van der Waals surface area contributed by atoms with Crippen molar-refractivity contribution in [2.24, 2.45) is 0 Å². The first-order valence-electron chi connectivity index (χ1n) is 7.10. The molecule has 2 aromatic rings. The third kappa shape index (κ3) is 5.71. The predicted molar refractivity (Wildman–Crippen MR) is 106 cm³/mol. The molecule has 3 nitrogen and oxygen atoms in total. The second-order valence-corrected chi connectivity index (χ2v) is 6.67. The zero-order valence-corrected chi connectivity index (χ0v) is 17.3. The minimum absolute atomic E-state index is 0. The zero-order valence-electron chi connectivity index (χ0n) is 13.4. The fourth-order valence-corrected chi connectivity index (χ4v) is 3.41. The molecule has 0 heterocycles. The van der Waals surface area contributed by atoms with Crippen molar-refractivity contribution in [2.45, 2.75) is 13.0 Å². The molecule has 0 aromatic heterocycles. The quantitative estimate of drug-likeness (QED) is 0.557. The van der Waals surface area contributed by atoms with Crippen molar-refractivity contribution >= 4 is 51.5 Å². The minimum atomic E-state index is 0. The van der Waals surface area contributed by atoms with E-state index in [4.69, 9.17) is 32.7 Å². The molecule has 0 radical (unpaired) electrons. The molecule has 132 valence electrons. The lowest BCUT2D eigenvalue weighted by Crippen LogP contribution is -2.17. The molecule has 2 aromatic carbocycles. The maximum Gasteiger partial charge on any atom is 0.174 e. The lowest BCUT2D eigenvalue weighted by Gasteiger charge is -2.12. The summed E-state index contributed by atoms with van der Waals surface area (Å²) in [5.41, 5.74) is 2.19. The summed E-state index contributed by atoms with van der Waals surface area (Å²) >= 11 is 15.6. The highest BCUT2D eigenvalue weighted by molar-refractivity contribution is 9.10. The Kier molecular flexibility index (Phi) is 9.24. The average Bonchev–Trinajstić information content (AvgIpc) is 2.52. The summed E-state index contributed by atoms with van der Waals surface area (Å²) in [6.07, 6.45) is 0.838. The molecule has 1 N–H and O–H groups in total. The van der Waals surface area contributed by atoms with E-state index in [1.165, 1.54) is 0 Å². The van der Waals surface area contributed by atoms with Crippen LogP contribution >= 0.6 is 51.5 Å². The molecule has 0 aliphatic rings. The van der Waals surface area contributed by atoms with Crippen molar-refractivity contribution in [2.75, 3.05) is 20.8 Å². The Morgan fingerprint density at radius 3 is 2.46 bits per heavy atom. The predicted octanol–water partition coefficient (Wildman–Crippen LogP) is 5.53. The highest BCUT2D eigenvalue weighted by Crippen LogP contribution is 2.36. The van der Waals surface area contributed by atoms with Gasteiger partial charge in [-0.3, -0.25) is 0 Å². The second kappa shape index (κ2) is 10.4. The number of methoxy groups -OCH3 is 2. The summed E-state index contributed by atoms with van der Waals surface area (Å²) in [6.45, 7) is 1.54. The number of nitrogens with one attached hydrogen (secondary N) is 1. The molecule has 0 amide bonds. The summed E-state index contributed by atoms with van der Waals surface area (Å²) in [5, 5.41) is 4.76. The topological polar surface area (TPSA) is 30.5 Å². The second-order valence-electron chi connectivity index (χ2n) is 4.98. The van der Waals surface area contributed by atoms with E-state index in [0.29, 0.717) is 21.5 Å². The molecule has 0 atom stereocenters. The maximum absolute atomic E-state index is 6.17. The molecule has 0 fully saturated rings. The summed E-state index contributed by atoms with van der Waals surface area (Å²) in [4.78, 5) is 0. The van der Waals surface area contributed by atoms with Crippen LogP contribution in [0.2, 0.25) is 10.0 Å². The van der Waals surface area contributed by atoms with Gasteiger partial charge in [-0.25, -0.2) is 0 Å². The van der Waals surface area contributed by atoms with Crippen LogP contribution in [0, 0.1) is 0 Å². The Morgan fingerprint density at radius 2 is 1.83 bits per heavy atom. The first kappa shape index (κ1) is 21.4. The molecule has 0 aliphatic carbocycles. The molecule has 7 heteroatoms. The van der Waals surface area contributed by atoms with E-state index < -0.39 is 0 Å². The minimum Gasteiger partial charge on any atom is -0.493 e. The summed E-state index contributed by atoms with van der Waals surface area (Å²) in [5.74, 6) is 1.41. The van der Waals surface area contributed by atoms with Crippen LogP contribution in [0.1, 0.15) is 11.1 Å². The third-order valence-electron chi connectivity index (χ3n) is 3.41. The smallest absolute Gasteiger partial charge is 0.174 e. The number of rotatable bonds is 7. The van der Waals surface area contributed by atoms with E-state index in [2.05, 4.69) is 21.2 Å². The Hall–Kier alpha value is -0.650. The van der Waals surface area contributed by atoms with E-state index in [0.717, 1.165) is 35.1 Å². The van der Waals surface area contributed by atoms with Gasteiger partial charge in [-0.2, -0.15) is 0 Å². The van der Waals surface area contributed by atoms with E-state index in [1.807, 2.05) is 24.3 Å². The van der Waals surface area contributed by atoms with Gasteiger partial charge in [0.25, 0.3) is 0 Å². The van der Waals surface area contributed by atoms with E-state index in [-0.39, 0.29) is 12.4 Å². The lowest BCUT2D eigenvalue weighted by molar-refractivity contribution is 0.352. The van der Waals surface area contributed by atoms with Gasteiger partial charge in [0.1, 0.15) is 0 Å². The number of ether oxygens (including phenoxy) is 2. The van der Waals surface area contributed by atoms with Gasteiger partial charge in [0.15, 0.2) is 11.5 Å². The van der Waals surface area contributed by atoms with Crippen molar-refractivity contribution < 1.29 is 9.47 Å². The number of hydrogen-bond acceptors (Lipinski definition) is 3. The molecule has 0 spiro atoms. The van der Waals surface area contributed by atoms with Crippen molar-refractivity contribution in [1.82, 2.24) is 5.32 Å².